The normalized spacial score (nSPS) is 21.6. The summed E-state index contributed by atoms with van der Waals surface area (Å²) < 4.78 is 0. The first-order valence-corrected chi connectivity index (χ1v) is 4.69. The Balaban J connectivity index is 2.74. The number of rotatable bonds is 3. The Kier molecular flexibility index (Phi) is 3.05. The van der Waals surface area contributed by atoms with Crippen molar-refractivity contribution in [2.75, 3.05) is 0 Å². The maximum absolute atomic E-state index is 11.6. The second-order valence-electron chi connectivity index (χ2n) is 3.40. The van der Waals surface area contributed by atoms with Crippen LogP contribution in [0.3, 0.4) is 0 Å². The largest absolute Gasteiger partial charge is 0.481 e. The summed E-state index contributed by atoms with van der Waals surface area (Å²) in [7, 11) is 0. The molecule has 1 saturated heterocycles. The van der Waals surface area contributed by atoms with E-state index in [0.717, 1.165) is 0 Å². The minimum Gasteiger partial charge on any atom is -0.481 e. The van der Waals surface area contributed by atoms with Gasteiger partial charge >= 0.3 is 5.97 Å². The molecule has 1 atom stereocenters. The maximum atomic E-state index is 11.6. The van der Waals surface area contributed by atoms with Crippen molar-refractivity contribution in [3.63, 3.8) is 0 Å². The standard InChI is InChI=1S/C8H12N2O3S/c1-4(2)10-7(13)5(3-6(11)12)9-8(10)14/h4-5H,3H2,1-2H3,(H,9,14)(H,11,12)/t5-/m0/s1. The molecule has 0 spiro atoms. The SMILES string of the molecule is CC(C)N1C(=O)[C@H](CC(=O)O)NC1=S. The summed E-state index contributed by atoms with van der Waals surface area (Å²) in [6, 6.07) is -0.747. The molecule has 0 radical (unpaired) electrons. The number of hydrogen-bond donors (Lipinski definition) is 2. The zero-order valence-electron chi connectivity index (χ0n) is 7.98. The smallest absolute Gasteiger partial charge is 0.305 e. The molecule has 2 N–H and O–H groups in total. The number of nitrogens with one attached hydrogen (secondary N) is 1. The summed E-state index contributed by atoms with van der Waals surface area (Å²) in [5, 5.41) is 11.6. The van der Waals surface area contributed by atoms with Gasteiger partial charge in [-0.3, -0.25) is 14.5 Å². The molecule has 0 aromatic heterocycles. The van der Waals surface area contributed by atoms with Crippen LogP contribution in [0.5, 0.6) is 0 Å². The van der Waals surface area contributed by atoms with Crippen molar-refractivity contribution in [1.82, 2.24) is 10.2 Å². The Morgan fingerprint density at radius 2 is 2.29 bits per heavy atom. The molecule has 0 bridgehead atoms. The topological polar surface area (TPSA) is 69.6 Å². The van der Waals surface area contributed by atoms with Crippen LogP contribution in [0.1, 0.15) is 20.3 Å². The van der Waals surface area contributed by atoms with Gasteiger partial charge in [0.05, 0.1) is 6.42 Å². The van der Waals surface area contributed by atoms with E-state index in [4.69, 9.17) is 17.3 Å². The number of nitrogens with zero attached hydrogens (tertiary/aromatic N) is 1. The average molecular weight is 216 g/mol. The van der Waals surface area contributed by atoms with Crippen molar-refractivity contribution >= 4 is 29.2 Å². The van der Waals surface area contributed by atoms with Crippen LogP contribution in [0.15, 0.2) is 0 Å². The van der Waals surface area contributed by atoms with Crippen LogP contribution in [0, 0.1) is 0 Å². The number of carbonyl (C=O) groups is 2. The number of thiocarbonyl (C=S) groups is 1. The minimum absolute atomic E-state index is 0.0405. The molecule has 1 heterocycles. The molecule has 1 fully saturated rings. The van der Waals surface area contributed by atoms with Crippen LogP contribution in [-0.4, -0.2) is 39.1 Å². The fourth-order valence-corrected chi connectivity index (χ4v) is 1.79. The number of carbonyl (C=O) groups excluding carboxylic acids is 1. The van der Waals surface area contributed by atoms with Gasteiger partial charge in [0.15, 0.2) is 5.11 Å². The minimum atomic E-state index is -1.01. The van der Waals surface area contributed by atoms with Gasteiger partial charge in [-0.2, -0.15) is 0 Å². The van der Waals surface area contributed by atoms with E-state index >= 15 is 0 Å². The molecule has 78 valence electrons. The molecule has 0 saturated carbocycles. The van der Waals surface area contributed by atoms with Crippen molar-refractivity contribution in [1.29, 1.82) is 0 Å². The predicted molar refractivity (Wildman–Crippen MR) is 53.8 cm³/mol. The molecule has 1 aliphatic heterocycles. The lowest BCUT2D eigenvalue weighted by atomic mass is 10.2. The van der Waals surface area contributed by atoms with Gasteiger partial charge in [0.1, 0.15) is 6.04 Å². The molecule has 0 aromatic carbocycles. The monoisotopic (exact) mass is 216 g/mol. The van der Waals surface area contributed by atoms with E-state index < -0.39 is 12.0 Å². The molecule has 0 unspecified atom stereocenters. The fraction of sp³-hybridized carbons (Fsp3) is 0.625. The lowest BCUT2D eigenvalue weighted by Crippen LogP contribution is -2.37. The van der Waals surface area contributed by atoms with Crippen molar-refractivity contribution < 1.29 is 14.7 Å². The van der Waals surface area contributed by atoms with E-state index in [-0.39, 0.29) is 18.4 Å². The Morgan fingerprint density at radius 1 is 1.71 bits per heavy atom. The molecular formula is C8H12N2O3S. The molecule has 6 heteroatoms. The van der Waals surface area contributed by atoms with Gasteiger partial charge in [-0.05, 0) is 26.1 Å². The predicted octanol–water partition coefficient (Wildman–Crippen LogP) is -0.0452. The maximum Gasteiger partial charge on any atom is 0.305 e. The second-order valence-corrected chi connectivity index (χ2v) is 3.79. The zero-order chi connectivity index (χ0) is 10.9. The van der Waals surface area contributed by atoms with Crippen molar-refractivity contribution in [2.45, 2.75) is 32.4 Å². The molecular weight excluding hydrogens is 204 g/mol. The van der Waals surface area contributed by atoms with E-state index in [9.17, 15) is 9.59 Å². The van der Waals surface area contributed by atoms with E-state index in [1.54, 1.807) is 0 Å². The zero-order valence-corrected chi connectivity index (χ0v) is 8.80. The number of carboxylic acid groups (broad SMARTS) is 1. The van der Waals surface area contributed by atoms with Crippen molar-refractivity contribution in [3.05, 3.63) is 0 Å². The third-order valence-electron chi connectivity index (χ3n) is 1.95. The Bertz CT molecular complexity index is 290. The summed E-state index contributed by atoms with van der Waals surface area (Å²) >= 11 is 4.92. The van der Waals surface area contributed by atoms with Crippen molar-refractivity contribution in [2.24, 2.45) is 0 Å². The number of aliphatic carboxylic acids is 1. The first kappa shape index (κ1) is 10.9. The Hall–Kier alpha value is -1.17. The summed E-state index contributed by atoms with van der Waals surface area (Å²) in [4.78, 5) is 23.4. The first-order valence-electron chi connectivity index (χ1n) is 4.29. The van der Waals surface area contributed by atoms with Crippen LogP contribution in [0.25, 0.3) is 0 Å². The highest BCUT2D eigenvalue weighted by Gasteiger charge is 2.37. The molecule has 1 amide bonds. The summed E-state index contributed by atoms with van der Waals surface area (Å²) in [5.74, 6) is -1.27. The Morgan fingerprint density at radius 3 is 2.64 bits per heavy atom. The van der Waals surface area contributed by atoms with Gasteiger partial charge < -0.3 is 10.4 Å². The van der Waals surface area contributed by atoms with Gasteiger partial charge in [0.2, 0.25) is 0 Å². The summed E-state index contributed by atoms with van der Waals surface area (Å²) in [6.07, 6.45) is -0.234. The highest BCUT2D eigenvalue weighted by atomic mass is 32.1. The van der Waals surface area contributed by atoms with Crippen molar-refractivity contribution in [3.8, 4) is 0 Å². The van der Waals surface area contributed by atoms with E-state index in [1.165, 1.54) is 4.90 Å². The lowest BCUT2D eigenvalue weighted by molar-refractivity contribution is -0.140. The molecule has 1 aliphatic rings. The summed E-state index contributed by atoms with van der Waals surface area (Å²) in [6.45, 7) is 3.66. The van der Waals surface area contributed by atoms with Crippen LogP contribution in [-0.2, 0) is 9.59 Å². The molecule has 14 heavy (non-hydrogen) atoms. The van der Waals surface area contributed by atoms with Gasteiger partial charge in [0, 0.05) is 6.04 Å². The third kappa shape index (κ3) is 2.01. The van der Waals surface area contributed by atoms with E-state index in [2.05, 4.69) is 5.32 Å². The van der Waals surface area contributed by atoms with Gasteiger partial charge in [-0.1, -0.05) is 0 Å². The highest BCUT2D eigenvalue weighted by Crippen LogP contribution is 2.12. The van der Waals surface area contributed by atoms with E-state index in [0.29, 0.717) is 5.11 Å². The highest BCUT2D eigenvalue weighted by molar-refractivity contribution is 7.80. The molecule has 5 nitrogen and oxygen atoms in total. The molecule has 1 rings (SSSR count). The number of amides is 1. The summed E-state index contributed by atoms with van der Waals surface area (Å²) in [5.41, 5.74) is 0. The van der Waals surface area contributed by atoms with Gasteiger partial charge in [0.25, 0.3) is 5.91 Å². The lowest BCUT2D eigenvalue weighted by Gasteiger charge is -2.18. The molecule has 0 aliphatic carbocycles. The fourth-order valence-electron chi connectivity index (χ4n) is 1.35. The third-order valence-corrected chi connectivity index (χ3v) is 2.26. The Labute approximate surface area is 87.1 Å². The second kappa shape index (κ2) is 3.91. The van der Waals surface area contributed by atoms with E-state index in [1.807, 2.05) is 13.8 Å². The van der Waals surface area contributed by atoms with Crippen LogP contribution >= 0.6 is 12.2 Å². The molecule has 0 aromatic rings. The van der Waals surface area contributed by atoms with Crippen LogP contribution < -0.4 is 5.32 Å². The van der Waals surface area contributed by atoms with Crippen LogP contribution in [0.4, 0.5) is 0 Å². The average Bonchev–Trinajstić information content (AvgIpc) is 2.25. The number of hydrogen-bond acceptors (Lipinski definition) is 3. The van der Waals surface area contributed by atoms with Gasteiger partial charge in [-0.25, -0.2) is 0 Å². The van der Waals surface area contributed by atoms with Gasteiger partial charge in [-0.15, -0.1) is 0 Å². The van der Waals surface area contributed by atoms with Crippen LogP contribution in [0.2, 0.25) is 0 Å². The number of carboxylic acids is 1. The first-order chi connectivity index (χ1) is 6.43. The quantitative estimate of drug-likeness (QED) is 0.648.